The van der Waals surface area contributed by atoms with Gasteiger partial charge in [-0.15, -0.1) is 0 Å². The third-order valence-electron chi connectivity index (χ3n) is 2.65. The molecule has 0 spiro atoms. The molecule has 0 saturated heterocycles. The topological polar surface area (TPSA) is 71.2 Å². The second kappa shape index (κ2) is 7.13. The molecular weight excluding hydrogens is 256 g/mol. The summed E-state index contributed by atoms with van der Waals surface area (Å²) in [6.07, 6.45) is 2.42. The predicted octanol–water partition coefficient (Wildman–Crippen LogP) is 2.17. The van der Waals surface area contributed by atoms with Gasteiger partial charge in [0, 0.05) is 12.6 Å². The molecule has 1 aromatic heterocycles. The lowest BCUT2D eigenvalue weighted by molar-refractivity contribution is -0.116. The molecule has 0 aliphatic heterocycles. The van der Waals surface area contributed by atoms with E-state index in [1.165, 1.54) is 6.20 Å². The number of para-hydroxylation sites is 1. The molecule has 0 fully saturated rings. The SMILES string of the molecule is O=C(CCCOc1ccccc1)Nc1ccc[nH]c1=O. The number of benzene rings is 1. The third kappa shape index (κ3) is 4.28. The largest absolute Gasteiger partial charge is 0.494 e. The number of rotatable bonds is 6. The highest BCUT2D eigenvalue weighted by atomic mass is 16.5. The Balaban J connectivity index is 1.71. The second-order valence-electron chi connectivity index (χ2n) is 4.23. The molecule has 20 heavy (non-hydrogen) atoms. The summed E-state index contributed by atoms with van der Waals surface area (Å²) in [5, 5.41) is 2.57. The number of pyridine rings is 1. The van der Waals surface area contributed by atoms with Gasteiger partial charge >= 0.3 is 0 Å². The van der Waals surface area contributed by atoms with Gasteiger partial charge in [0.05, 0.1) is 6.61 Å². The number of hydrogen-bond donors (Lipinski definition) is 2. The number of aromatic nitrogens is 1. The monoisotopic (exact) mass is 272 g/mol. The molecule has 0 unspecified atom stereocenters. The Morgan fingerprint density at radius 1 is 1.15 bits per heavy atom. The van der Waals surface area contributed by atoms with E-state index in [9.17, 15) is 9.59 Å². The number of amides is 1. The van der Waals surface area contributed by atoms with Gasteiger partial charge in [-0.3, -0.25) is 9.59 Å². The smallest absolute Gasteiger partial charge is 0.271 e. The first kappa shape index (κ1) is 13.9. The molecule has 2 N–H and O–H groups in total. The minimum absolute atomic E-state index is 0.196. The number of hydrogen-bond acceptors (Lipinski definition) is 3. The van der Waals surface area contributed by atoms with Crippen LogP contribution in [0.2, 0.25) is 0 Å². The first-order chi connectivity index (χ1) is 9.75. The average molecular weight is 272 g/mol. The van der Waals surface area contributed by atoms with Gasteiger partial charge in [0.1, 0.15) is 11.4 Å². The zero-order chi connectivity index (χ0) is 14.2. The van der Waals surface area contributed by atoms with Gasteiger partial charge in [-0.25, -0.2) is 0 Å². The Kier molecular flexibility index (Phi) is 4.94. The minimum Gasteiger partial charge on any atom is -0.494 e. The Bertz CT molecular complexity index is 608. The van der Waals surface area contributed by atoms with Crippen LogP contribution < -0.4 is 15.6 Å². The van der Waals surface area contributed by atoms with E-state index in [0.29, 0.717) is 19.4 Å². The minimum atomic E-state index is -0.304. The van der Waals surface area contributed by atoms with Crippen LogP contribution in [0, 0.1) is 0 Å². The summed E-state index contributed by atoms with van der Waals surface area (Å²) in [6, 6.07) is 12.7. The molecule has 1 aromatic carbocycles. The molecule has 5 nitrogen and oxygen atoms in total. The van der Waals surface area contributed by atoms with E-state index in [4.69, 9.17) is 4.74 Å². The Hall–Kier alpha value is -2.56. The lowest BCUT2D eigenvalue weighted by atomic mass is 10.3. The van der Waals surface area contributed by atoms with Crippen LogP contribution in [-0.2, 0) is 4.79 Å². The van der Waals surface area contributed by atoms with Crippen LogP contribution in [0.3, 0.4) is 0 Å². The summed E-state index contributed by atoms with van der Waals surface area (Å²) in [4.78, 5) is 25.5. The fourth-order valence-corrected chi connectivity index (χ4v) is 1.67. The molecule has 1 heterocycles. The normalized spacial score (nSPS) is 10.0. The standard InChI is InChI=1S/C15H16N2O3/c18-14(17-13-8-4-10-16-15(13)19)9-5-11-20-12-6-2-1-3-7-12/h1-4,6-8,10H,5,9,11H2,(H,16,19)(H,17,18). The molecule has 5 heteroatoms. The lowest BCUT2D eigenvalue weighted by Gasteiger charge is -2.06. The Morgan fingerprint density at radius 3 is 2.70 bits per heavy atom. The average Bonchev–Trinajstić information content (AvgIpc) is 2.47. The molecular formula is C15H16N2O3. The molecule has 0 radical (unpaired) electrons. The molecule has 104 valence electrons. The fraction of sp³-hybridized carbons (Fsp3) is 0.200. The third-order valence-corrected chi connectivity index (χ3v) is 2.65. The van der Waals surface area contributed by atoms with E-state index in [1.807, 2.05) is 30.3 Å². The number of carbonyl (C=O) groups is 1. The van der Waals surface area contributed by atoms with Gasteiger partial charge in [-0.2, -0.15) is 0 Å². The van der Waals surface area contributed by atoms with E-state index in [1.54, 1.807) is 12.1 Å². The van der Waals surface area contributed by atoms with Gasteiger partial charge < -0.3 is 15.0 Å². The van der Waals surface area contributed by atoms with Crippen molar-refractivity contribution in [2.75, 3.05) is 11.9 Å². The molecule has 2 aromatic rings. The fourth-order valence-electron chi connectivity index (χ4n) is 1.67. The summed E-state index contributed by atoms with van der Waals surface area (Å²) < 4.78 is 5.48. The van der Waals surface area contributed by atoms with Crippen molar-refractivity contribution < 1.29 is 9.53 Å². The highest BCUT2D eigenvalue weighted by molar-refractivity contribution is 5.90. The first-order valence-electron chi connectivity index (χ1n) is 6.41. The predicted molar refractivity (Wildman–Crippen MR) is 76.9 cm³/mol. The molecule has 0 bridgehead atoms. The number of nitrogens with one attached hydrogen (secondary N) is 2. The summed E-state index contributed by atoms with van der Waals surface area (Å²) >= 11 is 0. The molecule has 0 aliphatic carbocycles. The zero-order valence-corrected chi connectivity index (χ0v) is 11.0. The number of carbonyl (C=O) groups excluding carboxylic acids is 1. The summed E-state index contributed by atoms with van der Waals surface area (Å²) in [7, 11) is 0. The molecule has 0 aliphatic rings. The van der Waals surface area contributed by atoms with Crippen LogP contribution in [0.5, 0.6) is 5.75 Å². The van der Waals surface area contributed by atoms with Gasteiger partial charge in [-0.1, -0.05) is 18.2 Å². The van der Waals surface area contributed by atoms with Gasteiger partial charge in [0.15, 0.2) is 0 Å². The number of H-pyrrole nitrogens is 1. The van der Waals surface area contributed by atoms with Gasteiger partial charge in [0.25, 0.3) is 5.56 Å². The van der Waals surface area contributed by atoms with E-state index < -0.39 is 0 Å². The van der Waals surface area contributed by atoms with Gasteiger partial charge in [-0.05, 0) is 30.7 Å². The maximum Gasteiger partial charge on any atom is 0.271 e. The van der Waals surface area contributed by atoms with Crippen LogP contribution in [0.1, 0.15) is 12.8 Å². The van der Waals surface area contributed by atoms with Crippen LogP contribution in [0.4, 0.5) is 5.69 Å². The highest BCUT2D eigenvalue weighted by Gasteiger charge is 2.04. The van der Waals surface area contributed by atoms with Crippen LogP contribution in [0.15, 0.2) is 53.5 Å². The number of aromatic amines is 1. The molecule has 0 saturated carbocycles. The van der Waals surface area contributed by atoms with E-state index in [0.717, 1.165) is 5.75 Å². The second-order valence-corrected chi connectivity index (χ2v) is 4.23. The maximum absolute atomic E-state index is 11.7. The van der Waals surface area contributed by atoms with Crippen molar-refractivity contribution in [2.45, 2.75) is 12.8 Å². The highest BCUT2D eigenvalue weighted by Crippen LogP contribution is 2.09. The summed E-state index contributed by atoms with van der Waals surface area (Å²) in [5.74, 6) is 0.589. The quantitative estimate of drug-likeness (QED) is 0.792. The van der Waals surface area contributed by atoms with Crippen molar-refractivity contribution in [1.29, 1.82) is 0 Å². The van der Waals surface area contributed by atoms with Crippen molar-refractivity contribution in [2.24, 2.45) is 0 Å². The zero-order valence-electron chi connectivity index (χ0n) is 11.0. The van der Waals surface area contributed by atoms with Crippen molar-refractivity contribution in [1.82, 2.24) is 4.98 Å². The summed E-state index contributed by atoms with van der Waals surface area (Å²) in [5.41, 5.74) is -0.0390. The van der Waals surface area contributed by atoms with Crippen molar-refractivity contribution in [3.63, 3.8) is 0 Å². The van der Waals surface area contributed by atoms with E-state index >= 15 is 0 Å². The van der Waals surface area contributed by atoms with E-state index in [-0.39, 0.29) is 17.2 Å². The Labute approximate surface area is 116 Å². The number of ether oxygens (including phenoxy) is 1. The lowest BCUT2D eigenvalue weighted by Crippen LogP contribution is -2.19. The Morgan fingerprint density at radius 2 is 1.95 bits per heavy atom. The van der Waals surface area contributed by atoms with Crippen LogP contribution in [-0.4, -0.2) is 17.5 Å². The maximum atomic E-state index is 11.7. The van der Waals surface area contributed by atoms with Crippen molar-refractivity contribution in [3.8, 4) is 5.75 Å². The molecule has 2 rings (SSSR count). The van der Waals surface area contributed by atoms with E-state index in [2.05, 4.69) is 10.3 Å². The first-order valence-corrected chi connectivity index (χ1v) is 6.41. The number of anilines is 1. The molecule has 1 amide bonds. The van der Waals surface area contributed by atoms with Crippen molar-refractivity contribution >= 4 is 11.6 Å². The molecule has 0 atom stereocenters. The van der Waals surface area contributed by atoms with Crippen LogP contribution >= 0.6 is 0 Å². The van der Waals surface area contributed by atoms with Gasteiger partial charge in [0.2, 0.25) is 5.91 Å². The summed E-state index contributed by atoms with van der Waals surface area (Å²) in [6.45, 7) is 0.461. The van der Waals surface area contributed by atoms with Crippen LogP contribution in [0.25, 0.3) is 0 Å². The van der Waals surface area contributed by atoms with Crippen molar-refractivity contribution in [3.05, 3.63) is 59.0 Å².